The maximum Gasteiger partial charge on any atom is 0.220 e. The first-order valence-corrected chi connectivity index (χ1v) is 38.0. The van der Waals surface area contributed by atoms with E-state index >= 15 is 0 Å². The average molecular weight is 1160 g/mol. The highest BCUT2D eigenvalue weighted by atomic mass is 16.3. The molecule has 0 rings (SSSR count). The second-order valence-corrected chi connectivity index (χ2v) is 26.1. The molecule has 3 N–H and O–H groups in total. The Morgan fingerprint density at radius 3 is 0.783 bits per heavy atom. The number of nitrogens with one attached hydrogen (secondary N) is 1. The lowest BCUT2D eigenvalue weighted by atomic mass is 10.0. The van der Waals surface area contributed by atoms with Crippen molar-refractivity contribution in [1.82, 2.24) is 5.32 Å². The van der Waals surface area contributed by atoms with E-state index in [0.717, 1.165) is 44.9 Å². The predicted octanol–water partition coefficient (Wildman–Crippen LogP) is 26.2. The van der Waals surface area contributed by atoms with Crippen LogP contribution >= 0.6 is 0 Å². The minimum atomic E-state index is -0.864. The Hall–Kier alpha value is -1.91. The van der Waals surface area contributed by atoms with Crippen molar-refractivity contribution < 1.29 is 15.0 Å². The van der Waals surface area contributed by atoms with Gasteiger partial charge in [-0.1, -0.05) is 402 Å². The number of carbonyl (C=O) groups is 1. The summed E-state index contributed by atoms with van der Waals surface area (Å²) in [6, 6.07) is -0.641. The molecule has 0 bridgehead atoms. The van der Waals surface area contributed by atoms with Gasteiger partial charge in [-0.15, -0.1) is 0 Å². The molecule has 0 aliphatic heterocycles. The highest BCUT2D eigenvalue weighted by Gasteiger charge is 2.18. The van der Waals surface area contributed by atoms with E-state index in [1.165, 1.54) is 353 Å². The zero-order valence-electron chi connectivity index (χ0n) is 56.5. The molecule has 0 fully saturated rings. The fourth-order valence-corrected chi connectivity index (χ4v) is 12.0. The molecule has 0 aliphatic carbocycles. The molecule has 0 aromatic carbocycles. The van der Waals surface area contributed by atoms with Crippen LogP contribution in [0.3, 0.4) is 0 Å². The Morgan fingerprint density at radius 1 is 0.289 bits per heavy atom. The molecule has 4 nitrogen and oxygen atoms in total. The summed E-state index contributed by atoms with van der Waals surface area (Å²) < 4.78 is 0. The van der Waals surface area contributed by atoms with Crippen molar-refractivity contribution in [1.29, 1.82) is 0 Å². The molecule has 0 aliphatic rings. The minimum absolute atomic E-state index is 0.0657. The third kappa shape index (κ3) is 70.7. The zero-order chi connectivity index (χ0) is 59.8. The maximum atomic E-state index is 12.6. The Balaban J connectivity index is 3.42. The second kappa shape index (κ2) is 74.3. The van der Waals surface area contributed by atoms with Crippen molar-refractivity contribution in [2.75, 3.05) is 6.61 Å². The highest BCUT2D eigenvalue weighted by molar-refractivity contribution is 5.76. The summed E-state index contributed by atoms with van der Waals surface area (Å²) >= 11 is 0. The van der Waals surface area contributed by atoms with Crippen molar-refractivity contribution >= 4 is 5.91 Å². The predicted molar refractivity (Wildman–Crippen MR) is 373 cm³/mol. The second-order valence-electron chi connectivity index (χ2n) is 26.1. The summed E-state index contributed by atoms with van der Waals surface area (Å²) in [5.74, 6) is -0.0657. The minimum Gasteiger partial charge on any atom is -0.394 e. The van der Waals surface area contributed by atoms with Crippen LogP contribution in [0.1, 0.15) is 418 Å². The van der Waals surface area contributed by atoms with Crippen molar-refractivity contribution in [2.45, 2.75) is 431 Å². The van der Waals surface area contributed by atoms with Gasteiger partial charge in [0.1, 0.15) is 0 Å². The number of allylic oxidation sites excluding steroid dienone is 9. The van der Waals surface area contributed by atoms with Gasteiger partial charge in [0, 0.05) is 6.42 Å². The summed E-state index contributed by atoms with van der Waals surface area (Å²) in [7, 11) is 0. The van der Waals surface area contributed by atoms with Crippen molar-refractivity contribution in [3.05, 3.63) is 60.8 Å². The SMILES string of the molecule is CCCCCCC/C=C\C/C=C\C/C=C\CCCCCCCCCCCCCCCCCCCCCCCCCCCCC(=O)NC(CO)C(O)/C=C/CC/C=C/CCCCCCCCCCCCCCCCCCCCCCCCCC. The van der Waals surface area contributed by atoms with E-state index in [0.29, 0.717) is 6.42 Å². The lowest BCUT2D eigenvalue weighted by molar-refractivity contribution is -0.123. The van der Waals surface area contributed by atoms with Crippen LogP contribution in [0, 0.1) is 0 Å². The molecule has 0 aromatic rings. The molecule has 1 amide bonds. The van der Waals surface area contributed by atoms with Gasteiger partial charge in [0.2, 0.25) is 5.91 Å². The lowest BCUT2D eigenvalue weighted by Crippen LogP contribution is -2.45. The number of amides is 1. The average Bonchev–Trinajstić information content (AvgIpc) is 3.51. The normalized spacial score (nSPS) is 13.0. The molecule has 0 aromatic heterocycles. The van der Waals surface area contributed by atoms with Crippen LogP contribution in [0.15, 0.2) is 60.8 Å². The Labute approximate surface area is 521 Å². The fraction of sp³-hybridized carbons (Fsp3) is 0.861. The van der Waals surface area contributed by atoms with Crippen LogP contribution in [-0.2, 0) is 4.79 Å². The summed E-state index contributed by atoms with van der Waals surface area (Å²) in [6.45, 7) is 4.33. The number of unbranched alkanes of at least 4 members (excludes halogenated alkanes) is 56. The first-order chi connectivity index (χ1) is 41.2. The molecule has 0 saturated heterocycles. The van der Waals surface area contributed by atoms with E-state index in [1.54, 1.807) is 6.08 Å². The van der Waals surface area contributed by atoms with Gasteiger partial charge in [-0.05, 0) is 70.6 Å². The number of aliphatic hydroxyl groups is 2. The van der Waals surface area contributed by atoms with Crippen molar-refractivity contribution in [3.8, 4) is 0 Å². The van der Waals surface area contributed by atoms with E-state index < -0.39 is 12.1 Å². The first-order valence-electron chi connectivity index (χ1n) is 38.0. The number of hydrogen-bond donors (Lipinski definition) is 3. The fourth-order valence-electron chi connectivity index (χ4n) is 12.0. The first kappa shape index (κ1) is 81.1. The zero-order valence-corrected chi connectivity index (χ0v) is 56.5. The van der Waals surface area contributed by atoms with Gasteiger partial charge >= 0.3 is 0 Å². The van der Waals surface area contributed by atoms with Gasteiger partial charge in [0.05, 0.1) is 18.8 Å². The molecule has 0 heterocycles. The number of carbonyl (C=O) groups excluding carboxylic acids is 1. The monoisotopic (exact) mass is 1160 g/mol. The molecule has 488 valence electrons. The standard InChI is InChI=1S/C79H149NO3/c1-3-5-7-9-11-13-15-17-19-21-23-25-27-29-31-33-35-36-37-38-39-40-41-42-43-44-45-47-49-51-53-55-57-59-61-63-65-67-69-71-73-75-79(83)80-77(76-81)78(82)74-72-70-68-66-64-62-60-58-56-54-52-50-48-46-34-32-30-28-26-24-22-20-18-16-14-12-10-8-6-4-2/h15,17,21,23,27,29,64,66,72,74,77-78,81-82H,3-14,16,18-20,22,24-26,28,30-63,65,67-71,73,75-76H2,1-2H3,(H,80,83)/b17-15-,23-21-,29-27-,66-64+,74-72+. The van der Waals surface area contributed by atoms with Crippen molar-refractivity contribution in [3.63, 3.8) is 0 Å². The van der Waals surface area contributed by atoms with Gasteiger partial charge in [0.25, 0.3) is 0 Å². The van der Waals surface area contributed by atoms with Crippen LogP contribution < -0.4 is 5.32 Å². The van der Waals surface area contributed by atoms with Gasteiger partial charge in [0.15, 0.2) is 0 Å². The van der Waals surface area contributed by atoms with E-state index in [4.69, 9.17) is 0 Å². The topological polar surface area (TPSA) is 69.6 Å². The van der Waals surface area contributed by atoms with Gasteiger partial charge in [-0.2, -0.15) is 0 Å². The Bertz CT molecular complexity index is 1360. The summed E-state index contributed by atoms with van der Waals surface area (Å²) in [5.41, 5.74) is 0. The van der Waals surface area contributed by atoms with Crippen LogP contribution in [0.5, 0.6) is 0 Å². The van der Waals surface area contributed by atoms with E-state index in [-0.39, 0.29) is 12.5 Å². The number of aliphatic hydroxyl groups excluding tert-OH is 2. The molecule has 0 radical (unpaired) electrons. The molecular formula is C79H149NO3. The quantitative estimate of drug-likeness (QED) is 0.0420. The molecule has 0 spiro atoms. The molecule has 2 unspecified atom stereocenters. The molecular weight excluding hydrogens is 1010 g/mol. The van der Waals surface area contributed by atoms with E-state index in [1.807, 2.05) is 6.08 Å². The van der Waals surface area contributed by atoms with Gasteiger partial charge in [-0.3, -0.25) is 4.79 Å². The third-order valence-corrected chi connectivity index (χ3v) is 17.7. The molecule has 83 heavy (non-hydrogen) atoms. The Kier molecular flexibility index (Phi) is 72.6. The highest BCUT2D eigenvalue weighted by Crippen LogP contribution is 2.19. The largest absolute Gasteiger partial charge is 0.394 e. The summed E-state index contributed by atoms with van der Waals surface area (Å²) in [5, 5.41) is 23.3. The summed E-state index contributed by atoms with van der Waals surface area (Å²) in [4.78, 5) is 12.6. The number of hydrogen-bond acceptors (Lipinski definition) is 3. The van der Waals surface area contributed by atoms with E-state index in [9.17, 15) is 15.0 Å². The van der Waals surface area contributed by atoms with E-state index in [2.05, 4.69) is 67.8 Å². The van der Waals surface area contributed by atoms with Crippen LogP contribution in [0.25, 0.3) is 0 Å². The smallest absolute Gasteiger partial charge is 0.220 e. The summed E-state index contributed by atoms with van der Waals surface area (Å²) in [6.07, 6.45) is 106. The maximum absolute atomic E-state index is 12.6. The molecule has 2 atom stereocenters. The van der Waals surface area contributed by atoms with Crippen LogP contribution in [-0.4, -0.2) is 34.9 Å². The van der Waals surface area contributed by atoms with Gasteiger partial charge < -0.3 is 15.5 Å². The van der Waals surface area contributed by atoms with Crippen LogP contribution in [0.2, 0.25) is 0 Å². The lowest BCUT2D eigenvalue weighted by Gasteiger charge is -2.19. The molecule has 0 saturated carbocycles. The van der Waals surface area contributed by atoms with Gasteiger partial charge in [-0.25, -0.2) is 0 Å². The van der Waals surface area contributed by atoms with Crippen molar-refractivity contribution in [2.24, 2.45) is 0 Å². The Morgan fingerprint density at radius 2 is 0.506 bits per heavy atom. The van der Waals surface area contributed by atoms with Crippen LogP contribution in [0.4, 0.5) is 0 Å². The number of rotatable bonds is 71. The molecule has 4 heteroatoms. The third-order valence-electron chi connectivity index (χ3n) is 17.7.